The maximum absolute atomic E-state index is 13.5. The number of aromatic nitrogens is 2. The van der Waals surface area contributed by atoms with Crippen LogP contribution in [0, 0.1) is 0 Å². The van der Waals surface area contributed by atoms with E-state index in [9.17, 15) is 14.7 Å². The molecule has 0 bridgehead atoms. The van der Waals surface area contributed by atoms with E-state index in [1.54, 1.807) is 4.90 Å². The van der Waals surface area contributed by atoms with Crippen LogP contribution in [0.25, 0.3) is 11.0 Å². The summed E-state index contributed by atoms with van der Waals surface area (Å²) >= 11 is 0. The van der Waals surface area contributed by atoms with Gasteiger partial charge in [-0.2, -0.15) is 0 Å². The second kappa shape index (κ2) is 8.12. The molecule has 2 amide bonds. The average molecular weight is 453 g/mol. The van der Waals surface area contributed by atoms with E-state index < -0.39 is 0 Å². The number of piperazine rings is 1. The molecule has 0 radical (unpaired) electrons. The largest absolute Gasteiger partial charge is 0.393 e. The van der Waals surface area contributed by atoms with Crippen molar-refractivity contribution in [2.24, 2.45) is 7.05 Å². The molecule has 1 aliphatic heterocycles. The van der Waals surface area contributed by atoms with Crippen molar-refractivity contribution in [3.63, 3.8) is 0 Å². The van der Waals surface area contributed by atoms with Crippen molar-refractivity contribution in [1.82, 2.24) is 19.4 Å². The van der Waals surface area contributed by atoms with Gasteiger partial charge in [0.15, 0.2) is 5.82 Å². The Morgan fingerprint density at radius 1 is 1.06 bits per heavy atom. The first kappa shape index (κ1) is 22.4. The van der Waals surface area contributed by atoms with Crippen LogP contribution in [0.2, 0.25) is 0 Å². The van der Waals surface area contributed by atoms with Crippen LogP contribution in [-0.4, -0.2) is 68.1 Å². The molecule has 7 heteroatoms. The normalized spacial score (nSPS) is 24.6. The van der Waals surface area contributed by atoms with Crippen molar-refractivity contribution in [2.75, 3.05) is 19.6 Å². The maximum Gasteiger partial charge on any atom is 0.290 e. The fraction of sp³-hybridized carbons (Fsp3) is 0.654. The third-order valence-electron chi connectivity index (χ3n) is 7.71. The van der Waals surface area contributed by atoms with Gasteiger partial charge in [-0.25, -0.2) is 4.98 Å². The molecule has 33 heavy (non-hydrogen) atoms. The lowest BCUT2D eigenvalue weighted by atomic mass is 9.84. The highest BCUT2D eigenvalue weighted by Gasteiger charge is 2.35. The number of aliphatic hydroxyl groups is 1. The van der Waals surface area contributed by atoms with Crippen molar-refractivity contribution in [1.29, 1.82) is 0 Å². The Hall–Kier alpha value is -2.41. The molecule has 2 heterocycles. The van der Waals surface area contributed by atoms with E-state index in [1.807, 2.05) is 16.5 Å². The van der Waals surface area contributed by atoms with Gasteiger partial charge in [-0.3, -0.25) is 9.59 Å². The molecule has 3 aliphatic rings. The highest BCUT2D eigenvalue weighted by molar-refractivity contribution is 5.98. The second-order valence-corrected chi connectivity index (χ2v) is 11.2. The van der Waals surface area contributed by atoms with Crippen molar-refractivity contribution < 1.29 is 14.7 Å². The SMILES string of the molecule is Cn1c(C(=O)N2CCN(C3CCC(O)CC3)C(=O)C2)nc2c(C(C)(C)C)cc(C3CC3)cc21. The fourth-order valence-electron chi connectivity index (χ4n) is 5.48. The van der Waals surface area contributed by atoms with E-state index in [-0.39, 0.29) is 35.9 Å². The van der Waals surface area contributed by atoms with Crippen LogP contribution in [0.5, 0.6) is 0 Å². The summed E-state index contributed by atoms with van der Waals surface area (Å²) < 4.78 is 1.91. The molecule has 1 saturated heterocycles. The number of nitrogens with zero attached hydrogens (tertiary/aromatic N) is 4. The zero-order valence-electron chi connectivity index (χ0n) is 20.3. The zero-order valence-corrected chi connectivity index (χ0v) is 20.3. The lowest BCUT2D eigenvalue weighted by Gasteiger charge is -2.41. The first-order chi connectivity index (χ1) is 15.6. The lowest BCUT2D eigenvalue weighted by Crippen LogP contribution is -2.56. The van der Waals surface area contributed by atoms with Gasteiger partial charge in [-0.15, -0.1) is 0 Å². The van der Waals surface area contributed by atoms with Gasteiger partial charge in [-0.05, 0) is 67.1 Å². The van der Waals surface area contributed by atoms with Crippen molar-refractivity contribution >= 4 is 22.8 Å². The number of hydrogen-bond acceptors (Lipinski definition) is 4. The number of hydrogen-bond donors (Lipinski definition) is 1. The standard InChI is InChI=1S/C26H36N4O3/c1-26(2,3)20-13-17(16-5-6-16)14-21-23(20)27-24(28(21)4)25(33)29-11-12-30(22(32)15-29)18-7-9-19(31)10-8-18/h13-14,16,18-19,31H,5-12,15H2,1-4H3. The molecule has 0 unspecified atom stereocenters. The number of carbonyl (C=O) groups excluding carboxylic acids is 2. The highest BCUT2D eigenvalue weighted by atomic mass is 16.3. The van der Waals surface area contributed by atoms with E-state index in [0.717, 1.165) is 36.7 Å². The Morgan fingerprint density at radius 3 is 2.36 bits per heavy atom. The van der Waals surface area contributed by atoms with Crippen LogP contribution in [0.3, 0.4) is 0 Å². The van der Waals surface area contributed by atoms with E-state index in [0.29, 0.717) is 24.8 Å². The average Bonchev–Trinajstić information content (AvgIpc) is 3.57. The Kier molecular flexibility index (Phi) is 5.51. The number of imidazole rings is 1. The minimum atomic E-state index is -0.241. The monoisotopic (exact) mass is 452 g/mol. The van der Waals surface area contributed by atoms with E-state index in [4.69, 9.17) is 4.98 Å². The number of rotatable bonds is 3. The molecular weight excluding hydrogens is 416 g/mol. The molecule has 2 aromatic rings. The Morgan fingerprint density at radius 2 is 1.76 bits per heavy atom. The van der Waals surface area contributed by atoms with Gasteiger partial charge < -0.3 is 19.5 Å². The number of aliphatic hydroxyl groups excluding tert-OH is 1. The van der Waals surface area contributed by atoms with E-state index in [2.05, 4.69) is 32.9 Å². The first-order valence-corrected chi connectivity index (χ1v) is 12.4. The number of fused-ring (bicyclic) bond motifs is 1. The summed E-state index contributed by atoms with van der Waals surface area (Å²) in [5, 5.41) is 9.77. The van der Waals surface area contributed by atoms with Crippen LogP contribution in [0.4, 0.5) is 0 Å². The van der Waals surface area contributed by atoms with Gasteiger partial charge in [0.2, 0.25) is 5.91 Å². The molecule has 2 saturated carbocycles. The van der Waals surface area contributed by atoms with E-state index >= 15 is 0 Å². The molecule has 178 valence electrons. The maximum atomic E-state index is 13.5. The predicted octanol–water partition coefficient (Wildman–Crippen LogP) is 3.34. The van der Waals surface area contributed by atoms with Gasteiger partial charge >= 0.3 is 0 Å². The van der Waals surface area contributed by atoms with Crippen LogP contribution in [0.1, 0.15) is 87.0 Å². The number of amides is 2. The summed E-state index contributed by atoms with van der Waals surface area (Å²) in [6, 6.07) is 4.67. The van der Waals surface area contributed by atoms with Gasteiger partial charge in [-0.1, -0.05) is 26.8 Å². The van der Waals surface area contributed by atoms with Crippen LogP contribution in [0.15, 0.2) is 12.1 Å². The van der Waals surface area contributed by atoms with Gasteiger partial charge in [0.1, 0.15) is 6.54 Å². The summed E-state index contributed by atoms with van der Waals surface area (Å²) in [5.74, 6) is 0.858. The predicted molar refractivity (Wildman–Crippen MR) is 127 cm³/mol. The highest BCUT2D eigenvalue weighted by Crippen LogP contribution is 2.43. The number of benzene rings is 1. The van der Waals surface area contributed by atoms with Crippen molar-refractivity contribution in [3.8, 4) is 0 Å². The third kappa shape index (κ3) is 4.16. The Labute approximate surface area is 195 Å². The molecule has 1 aromatic carbocycles. The van der Waals surface area contributed by atoms with Gasteiger partial charge in [0, 0.05) is 26.2 Å². The Bertz CT molecular complexity index is 1090. The molecule has 3 fully saturated rings. The van der Waals surface area contributed by atoms with Crippen LogP contribution < -0.4 is 0 Å². The molecule has 0 spiro atoms. The smallest absolute Gasteiger partial charge is 0.290 e. The molecule has 1 N–H and O–H groups in total. The molecular formula is C26H36N4O3. The van der Waals surface area contributed by atoms with E-state index in [1.165, 1.54) is 24.0 Å². The lowest BCUT2D eigenvalue weighted by molar-refractivity contribution is -0.138. The quantitative estimate of drug-likeness (QED) is 0.775. The van der Waals surface area contributed by atoms with Crippen LogP contribution in [-0.2, 0) is 17.3 Å². The number of carbonyl (C=O) groups is 2. The summed E-state index contributed by atoms with van der Waals surface area (Å²) in [4.78, 5) is 34.8. The summed E-state index contributed by atoms with van der Waals surface area (Å²) in [7, 11) is 1.91. The van der Waals surface area contributed by atoms with Crippen molar-refractivity contribution in [3.05, 3.63) is 29.1 Å². The van der Waals surface area contributed by atoms with Gasteiger partial charge in [0.05, 0.1) is 17.1 Å². The van der Waals surface area contributed by atoms with Crippen molar-refractivity contribution in [2.45, 2.75) is 82.8 Å². The summed E-state index contributed by atoms with van der Waals surface area (Å²) in [6.45, 7) is 7.74. The number of aryl methyl sites for hydroxylation is 1. The third-order valence-corrected chi connectivity index (χ3v) is 7.71. The molecule has 7 nitrogen and oxygen atoms in total. The fourth-order valence-corrected chi connectivity index (χ4v) is 5.48. The van der Waals surface area contributed by atoms with Crippen LogP contribution >= 0.6 is 0 Å². The summed E-state index contributed by atoms with van der Waals surface area (Å²) in [5.41, 5.74) is 4.34. The topological polar surface area (TPSA) is 78.7 Å². The molecule has 1 aromatic heterocycles. The first-order valence-electron chi connectivity index (χ1n) is 12.4. The minimum absolute atomic E-state index is 0.00107. The summed E-state index contributed by atoms with van der Waals surface area (Å²) in [6.07, 6.45) is 5.38. The second-order valence-electron chi connectivity index (χ2n) is 11.2. The minimum Gasteiger partial charge on any atom is -0.393 e. The molecule has 0 atom stereocenters. The zero-order chi connectivity index (χ0) is 23.5. The van der Waals surface area contributed by atoms with Gasteiger partial charge in [0.25, 0.3) is 5.91 Å². The molecule has 5 rings (SSSR count). The molecule has 2 aliphatic carbocycles. The Balaban J connectivity index is 1.40.